The molecule has 1 N–H and O–H groups in total. The van der Waals surface area contributed by atoms with Crippen LogP contribution in [-0.4, -0.2) is 47.6 Å². The fraction of sp³-hybridized carbons (Fsp3) is 0.875. The number of hydrogen-bond acceptors (Lipinski definition) is 3. The van der Waals surface area contributed by atoms with Gasteiger partial charge in [-0.3, -0.25) is 9.59 Å². The lowest BCUT2D eigenvalue weighted by Gasteiger charge is -2.33. The molecule has 21 heavy (non-hydrogen) atoms. The zero-order valence-electron chi connectivity index (χ0n) is 14.3. The first kappa shape index (κ1) is 18.0. The molecule has 0 aromatic rings. The highest BCUT2D eigenvalue weighted by Gasteiger charge is 2.29. The highest BCUT2D eigenvalue weighted by Crippen LogP contribution is 2.19. The van der Waals surface area contributed by atoms with Crippen LogP contribution in [0.5, 0.6) is 0 Å². The number of amides is 2. The average Bonchev–Trinajstić information content (AvgIpc) is 2.33. The molecule has 5 heteroatoms. The zero-order valence-corrected chi connectivity index (χ0v) is 14.3. The normalized spacial score (nSPS) is 17.7. The van der Waals surface area contributed by atoms with Gasteiger partial charge in [-0.25, -0.2) is 0 Å². The second kappa shape index (κ2) is 6.77. The minimum absolute atomic E-state index is 0.0109. The molecule has 0 aliphatic carbocycles. The third-order valence-electron chi connectivity index (χ3n) is 3.35. The monoisotopic (exact) mass is 298 g/mol. The molecule has 1 aliphatic rings. The summed E-state index contributed by atoms with van der Waals surface area (Å²) in [6.45, 7) is 13.1. The third-order valence-corrected chi connectivity index (χ3v) is 3.35. The Bertz CT molecular complexity index is 372. The highest BCUT2D eigenvalue weighted by atomic mass is 16.5. The fourth-order valence-electron chi connectivity index (χ4n) is 2.23. The number of rotatable bonds is 3. The van der Waals surface area contributed by atoms with E-state index in [1.54, 1.807) is 4.90 Å². The van der Waals surface area contributed by atoms with Crippen molar-refractivity contribution in [1.82, 2.24) is 10.2 Å². The Morgan fingerprint density at radius 2 is 1.62 bits per heavy atom. The SMILES string of the molecule is CC(C)(C)NC(=O)C1CCN(C(=O)COC(C)(C)C)CC1. The number of carbonyl (C=O) groups excluding carboxylic acids is 2. The summed E-state index contributed by atoms with van der Waals surface area (Å²) in [5, 5.41) is 3.01. The molecular weight excluding hydrogens is 268 g/mol. The summed E-state index contributed by atoms with van der Waals surface area (Å²) in [5.41, 5.74) is -0.509. The Morgan fingerprint density at radius 3 is 2.05 bits per heavy atom. The molecule has 1 rings (SSSR count). The average molecular weight is 298 g/mol. The number of piperidine rings is 1. The molecule has 1 aliphatic heterocycles. The molecule has 5 nitrogen and oxygen atoms in total. The van der Waals surface area contributed by atoms with E-state index in [0.29, 0.717) is 13.1 Å². The first-order valence-corrected chi connectivity index (χ1v) is 7.72. The molecule has 122 valence electrons. The molecule has 1 fully saturated rings. The lowest BCUT2D eigenvalue weighted by molar-refractivity contribution is -0.144. The molecule has 0 spiro atoms. The van der Waals surface area contributed by atoms with Crippen LogP contribution in [0.2, 0.25) is 0 Å². The van der Waals surface area contributed by atoms with Gasteiger partial charge in [-0.1, -0.05) is 0 Å². The Hall–Kier alpha value is -1.10. The molecule has 2 amide bonds. The van der Waals surface area contributed by atoms with Crippen molar-refractivity contribution >= 4 is 11.8 Å². The number of ether oxygens (including phenoxy) is 1. The molecule has 0 aromatic carbocycles. The molecule has 0 aromatic heterocycles. The summed E-state index contributed by atoms with van der Waals surface area (Å²) in [5.74, 6) is 0.122. The topological polar surface area (TPSA) is 58.6 Å². The predicted molar refractivity (Wildman–Crippen MR) is 82.9 cm³/mol. The Balaban J connectivity index is 2.38. The van der Waals surface area contributed by atoms with Gasteiger partial charge in [0.05, 0.1) is 5.60 Å². The van der Waals surface area contributed by atoms with E-state index in [1.165, 1.54) is 0 Å². The third kappa shape index (κ3) is 6.93. The Labute approximate surface area is 128 Å². The summed E-state index contributed by atoms with van der Waals surface area (Å²) < 4.78 is 5.51. The summed E-state index contributed by atoms with van der Waals surface area (Å²) in [4.78, 5) is 26.0. The molecule has 1 saturated heterocycles. The zero-order chi connectivity index (χ0) is 16.3. The van der Waals surface area contributed by atoms with E-state index >= 15 is 0 Å². The lowest BCUT2D eigenvalue weighted by atomic mass is 9.94. The van der Waals surface area contributed by atoms with Gasteiger partial charge >= 0.3 is 0 Å². The molecule has 1 heterocycles. The van der Waals surface area contributed by atoms with E-state index in [-0.39, 0.29) is 35.5 Å². The Morgan fingerprint density at radius 1 is 1.10 bits per heavy atom. The van der Waals surface area contributed by atoms with Gasteiger partial charge in [0.1, 0.15) is 6.61 Å². The maximum Gasteiger partial charge on any atom is 0.248 e. The molecule has 0 unspecified atom stereocenters. The van der Waals surface area contributed by atoms with Crippen molar-refractivity contribution in [2.75, 3.05) is 19.7 Å². The van der Waals surface area contributed by atoms with Crippen molar-refractivity contribution in [3.8, 4) is 0 Å². The second-order valence-corrected chi connectivity index (χ2v) is 7.80. The van der Waals surface area contributed by atoms with Gasteiger partial charge in [0.2, 0.25) is 11.8 Å². The largest absolute Gasteiger partial charge is 0.366 e. The van der Waals surface area contributed by atoms with Crippen LogP contribution < -0.4 is 5.32 Å². The molecule has 0 atom stereocenters. The summed E-state index contributed by atoms with van der Waals surface area (Å²) in [6, 6.07) is 0. The first-order valence-electron chi connectivity index (χ1n) is 7.72. The molecular formula is C16H30N2O3. The van der Waals surface area contributed by atoms with Crippen LogP contribution in [0.15, 0.2) is 0 Å². The summed E-state index contributed by atoms with van der Waals surface area (Å²) in [6.07, 6.45) is 1.45. The quantitative estimate of drug-likeness (QED) is 0.866. The van der Waals surface area contributed by atoms with Crippen LogP contribution in [0.25, 0.3) is 0 Å². The van der Waals surface area contributed by atoms with Gasteiger partial charge in [0, 0.05) is 24.5 Å². The molecule has 0 saturated carbocycles. The summed E-state index contributed by atoms with van der Waals surface area (Å²) >= 11 is 0. The minimum atomic E-state index is -0.305. The highest BCUT2D eigenvalue weighted by molar-refractivity contribution is 5.81. The first-order chi connectivity index (χ1) is 9.48. The van der Waals surface area contributed by atoms with Crippen molar-refractivity contribution in [2.24, 2.45) is 5.92 Å². The van der Waals surface area contributed by atoms with Crippen molar-refractivity contribution in [2.45, 2.75) is 65.5 Å². The fourth-order valence-corrected chi connectivity index (χ4v) is 2.23. The number of hydrogen-bond donors (Lipinski definition) is 1. The van der Waals surface area contributed by atoms with Crippen LogP contribution in [0.4, 0.5) is 0 Å². The van der Waals surface area contributed by atoms with Gasteiger partial charge in [-0.15, -0.1) is 0 Å². The van der Waals surface area contributed by atoms with Crippen molar-refractivity contribution in [1.29, 1.82) is 0 Å². The Kier molecular flexibility index (Phi) is 5.79. The predicted octanol–water partition coefficient (Wildman–Crippen LogP) is 1.95. The maximum absolute atomic E-state index is 12.1. The van der Waals surface area contributed by atoms with Gasteiger partial charge in [-0.2, -0.15) is 0 Å². The van der Waals surface area contributed by atoms with Crippen LogP contribution in [0.1, 0.15) is 54.4 Å². The van der Waals surface area contributed by atoms with E-state index in [9.17, 15) is 9.59 Å². The van der Waals surface area contributed by atoms with Crippen LogP contribution in [0, 0.1) is 5.92 Å². The molecule has 0 radical (unpaired) electrons. The van der Waals surface area contributed by atoms with E-state index in [2.05, 4.69) is 5.32 Å². The van der Waals surface area contributed by atoms with Crippen molar-refractivity contribution in [3.05, 3.63) is 0 Å². The van der Waals surface area contributed by atoms with E-state index in [4.69, 9.17) is 4.74 Å². The lowest BCUT2D eigenvalue weighted by Crippen LogP contribution is -2.48. The maximum atomic E-state index is 12.1. The second-order valence-electron chi connectivity index (χ2n) is 7.80. The van der Waals surface area contributed by atoms with Gasteiger partial charge in [0.15, 0.2) is 0 Å². The number of nitrogens with zero attached hydrogens (tertiary/aromatic N) is 1. The van der Waals surface area contributed by atoms with E-state index in [1.807, 2.05) is 41.5 Å². The smallest absolute Gasteiger partial charge is 0.248 e. The standard InChI is InChI=1S/C16H30N2O3/c1-15(2,3)17-14(20)12-7-9-18(10-8-12)13(19)11-21-16(4,5)6/h12H,7-11H2,1-6H3,(H,17,20). The number of likely N-dealkylation sites (tertiary alicyclic amines) is 1. The van der Waals surface area contributed by atoms with Crippen LogP contribution in [0.3, 0.4) is 0 Å². The van der Waals surface area contributed by atoms with Crippen LogP contribution in [-0.2, 0) is 14.3 Å². The van der Waals surface area contributed by atoms with E-state index in [0.717, 1.165) is 12.8 Å². The van der Waals surface area contributed by atoms with Crippen LogP contribution >= 0.6 is 0 Å². The number of nitrogens with one attached hydrogen (secondary N) is 1. The van der Waals surface area contributed by atoms with Gasteiger partial charge in [-0.05, 0) is 54.4 Å². The van der Waals surface area contributed by atoms with Crippen molar-refractivity contribution < 1.29 is 14.3 Å². The summed E-state index contributed by atoms with van der Waals surface area (Å²) in [7, 11) is 0. The molecule has 0 bridgehead atoms. The number of carbonyl (C=O) groups is 2. The van der Waals surface area contributed by atoms with Gasteiger partial charge in [0.25, 0.3) is 0 Å². The van der Waals surface area contributed by atoms with E-state index < -0.39 is 0 Å². The van der Waals surface area contributed by atoms with Gasteiger partial charge < -0.3 is 15.0 Å². The van der Waals surface area contributed by atoms with Crippen molar-refractivity contribution in [3.63, 3.8) is 0 Å². The minimum Gasteiger partial charge on any atom is -0.366 e.